The molecule has 0 atom stereocenters. The minimum absolute atomic E-state index is 0.0730. The molecule has 5 nitrogen and oxygen atoms in total. The highest BCUT2D eigenvalue weighted by Crippen LogP contribution is 2.18. The van der Waals surface area contributed by atoms with Crippen molar-refractivity contribution >= 4 is 38.7 Å². The lowest BCUT2D eigenvalue weighted by atomic mass is 10.1. The summed E-state index contributed by atoms with van der Waals surface area (Å²) in [4.78, 5) is 6.21. The first-order valence-corrected chi connectivity index (χ1v) is 11.5. The van der Waals surface area contributed by atoms with Crippen LogP contribution in [0.3, 0.4) is 0 Å². The van der Waals surface area contributed by atoms with Crippen LogP contribution in [0.25, 0.3) is 22.9 Å². The van der Waals surface area contributed by atoms with E-state index in [1.54, 1.807) is 12.1 Å². The Bertz CT molecular complexity index is 1330. The summed E-state index contributed by atoms with van der Waals surface area (Å²) >= 11 is 0. The van der Waals surface area contributed by atoms with Gasteiger partial charge in [-0.1, -0.05) is 54.6 Å². The zero-order valence-corrected chi connectivity index (χ0v) is 19.1. The van der Waals surface area contributed by atoms with E-state index in [9.17, 15) is 8.42 Å². The molecule has 0 aliphatic carbocycles. The number of anilines is 1. The van der Waals surface area contributed by atoms with Crippen molar-refractivity contribution in [2.75, 3.05) is 19.0 Å². The summed E-state index contributed by atoms with van der Waals surface area (Å²) in [5.74, 6) is 0. The van der Waals surface area contributed by atoms with Crippen molar-refractivity contribution in [2.45, 2.75) is 11.8 Å². The molecule has 4 aromatic rings. The van der Waals surface area contributed by atoms with Crippen LogP contribution in [0, 0.1) is 6.92 Å². The molecule has 0 saturated heterocycles. The molecule has 0 bridgehead atoms. The van der Waals surface area contributed by atoms with Gasteiger partial charge in [-0.15, -0.1) is 0 Å². The number of benzene rings is 3. The fraction of sp³-hybridized carbons (Fsp3) is 0.115. The number of rotatable bonds is 4. The largest absolute Gasteiger partial charge is 0.378 e. The topological polar surface area (TPSA) is 70.5 Å². The van der Waals surface area contributed by atoms with Gasteiger partial charge in [0.15, 0.2) is 0 Å². The van der Waals surface area contributed by atoms with Gasteiger partial charge in [-0.25, -0.2) is 0 Å². The first-order chi connectivity index (χ1) is 15.2. The van der Waals surface area contributed by atoms with Gasteiger partial charge < -0.3 is 4.90 Å². The van der Waals surface area contributed by atoms with Crippen LogP contribution in [-0.4, -0.2) is 32.0 Å². The predicted octanol–water partition coefficient (Wildman–Crippen LogP) is 5.71. The molecule has 164 valence electrons. The van der Waals surface area contributed by atoms with Crippen molar-refractivity contribution in [3.63, 3.8) is 0 Å². The number of pyridine rings is 1. The second-order valence-electron chi connectivity index (χ2n) is 7.53. The first kappa shape index (κ1) is 23.2. The summed E-state index contributed by atoms with van der Waals surface area (Å²) in [6, 6.07) is 24.4. The number of aryl methyl sites for hydroxylation is 1. The Kier molecular flexibility index (Phi) is 7.41. The van der Waals surface area contributed by atoms with Crippen LogP contribution in [0.4, 0.5) is 5.69 Å². The number of aromatic nitrogens is 1. The summed E-state index contributed by atoms with van der Waals surface area (Å²) in [6.45, 7) is 2.00. The number of hydrogen-bond acceptors (Lipinski definition) is 4. The van der Waals surface area contributed by atoms with Crippen LogP contribution < -0.4 is 4.90 Å². The average Bonchev–Trinajstić information content (AvgIpc) is 2.77. The molecular formula is C26H26N2O3S. The smallest absolute Gasteiger partial charge is 0.294 e. The van der Waals surface area contributed by atoms with Gasteiger partial charge in [-0.3, -0.25) is 9.54 Å². The maximum absolute atomic E-state index is 10.8. The van der Waals surface area contributed by atoms with Crippen LogP contribution >= 0.6 is 0 Å². The van der Waals surface area contributed by atoms with Crippen LogP contribution in [0.5, 0.6) is 0 Å². The zero-order valence-electron chi connectivity index (χ0n) is 18.3. The molecule has 3 aromatic carbocycles. The predicted molar refractivity (Wildman–Crippen MR) is 132 cm³/mol. The van der Waals surface area contributed by atoms with Gasteiger partial charge >= 0.3 is 0 Å². The quantitative estimate of drug-likeness (QED) is 0.407. The molecular weight excluding hydrogens is 420 g/mol. The zero-order chi connectivity index (χ0) is 23.1. The van der Waals surface area contributed by atoms with Crippen molar-refractivity contribution in [2.24, 2.45) is 0 Å². The maximum Gasteiger partial charge on any atom is 0.294 e. The molecule has 0 saturated carbocycles. The highest BCUT2D eigenvalue weighted by atomic mass is 32.2. The molecule has 1 aromatic heterocycles. The van der Waals surface area contributed by atoms with Crippen LogP contribution in [0.15, 0.2) is 90.0 Å². The molecule has 0 unspecified atom stereocenters. The van der Waals surface area contributed by atoms with Gasteiger partial charge in [0.05, 0.1) is 4.90 Å². The third kappa shape index (κ3) is 6.51. The van der Waals surface area contributed by atoms with Gasteiger partial charge in [0.2, 0.25) is 0 Å². The number of fused-ring (bicyclic) bond motifs is 1. The minimum atomic E-state index is -4.09. The third-order valence-electron chi connectivity index (χ3n) is 4.82. The summed E-state index contributed by atoms with van der Waals surface area (Å²) < 4.78 is 30.5. The Labute approximate surface area is 189 Å². The second-order valence-corrected chi connectivity index (χ2v) is 8.96. The van der Waals surface area contributed by atoms with E-state index in [-0.39, 0.29) is 4.90 Å². The molecule has 0 fully saturated rings. The van der Waals surface area contributed by atoms with Gasteiger partial charge in [0.25, 0.3) is 10.1 Å². The van der Waals surface area contributed by atoms with Crippen molar-refractivity contribution in [1.29, 1.82) is 0 Å². The van der Waals surface area contributed by atoms with E-state index in [2.05, 4.69) is 52.4 Å². The second kappa shape index (κ2) is 10.2. The molecule has 6 heteroatoms. The highest BCUT2D eigenvalue weighted by molar-refractivity contribution is 7.85. The molecule has 0 spiro atoms. The standard InChI is InChI=1S/C16H18N2.C10H8O3S/c1-13-12-15(10-11-17-13)5-4-14-6-8-16(9-7-14)18(2)3;11-14(12,13)10-6-5-8-3-1-2-4-9(8)7-10/h4-12H,1-3H3;1-7H,(H,11,12,13). The van der Waals surface area contributed by atoms with E-state index < -0.39 is 10.1 Å². The van der Waals surface area contributed by atoms with Crippen molar-refractivity contribution in [1.82, 2.24) is 4.98 Å². The first-order valence-electron chi connectivity index (χ1n) is 10.1. The maximum atomic E-state index is 10.8. The SMILES string of the molecule is Cc1cc(C=Cc2ccc(N(C)C)cc2)ccn1.O=S(=O)(O)c1ccc2ccccc2c1. The number of nitrogens with zero attached hydrogens (tertiary/aromatic N) is 2. The summed E-state index contributed by atoms with van der Waals surface area (Å²) in [6.07, 6.45) is 6.07. The molecule has 0 radical (unpaired) electrons. The van der Waals surface area contributed by atoms with E-state index in [4.69, 9.17) is 4.55 Å². The van der Waals surface area contributed by atoms with Crippen molar-refractivity contribution < 1.29 is 13.0 Å². The Hall–Kier alpha value is -3.48. The molecule has 1 heterocycles. The van der Waals surface area contributed by atoms with E-state index in [0.29, 0.717) is 0 Å². The fourth-order valence-electron chi connectivity index (χ4n) is 3.08. The lowest BCUT2D eigenvalue weighted by Gasteiger charge is -2.11. The third-order valence-corrected chi connectivity index (χ3v) is 5.67. The average molecular weight is 447 g/mol. The fourth-order valence-corrected chi connectivity index (χ4v) is 3.59. The van der Waals surface area contributed by atoms with E-state index in [0.717, 1.165) is 16.5 Å². The van der Waals surface area contributed by atoms with Gasteiger partial charge in [-0.05, 0) is 65.2 Å². The molecule has 0 aliphatic rings. The van der Waals surface area contributed by atoms with E-state index in [1.165, 1.54) is 28.9 Å². The Morgan fingerprint density at radius 3 is 2.09 bits per heavy atom. The number of hydrogen-bond donors (Lipinski definition) is 1. The molecule has 1 N–H and O–H groups in total. The Morgan fingerprint density at radius 2 is 1.47 bits per heavy atom. The van der Waals surface area contributed by atoms with Crippen molar-refractivity contribution in [3.8, 4) is 0 Å². The van der Waals surface area contributed by atoms with Gasteiger partial charge in [-0.2, -0.15) is 8.42 Å². The summed E-state index contributed by atoms with van der Waals surface area (Å²) in [5.41, 5.74) is 4.64. The minimum Gasteiger partial charge on any atom is -0.378 e. The monoisotopic (exact) mass is 446 g/mol. The molecule has 32 heavy (non-hydrogen) atoms. The Morgan fingerprint density at radius 1 is 0.812 bits per heavy atom. The molecule has 0 amide bonds. The Balaban J connectivity index is 0.000000186. The summed E-state index contributed by atoms with van der Waals surface area (Å²) in [5, 5.41) is 1.74. The molecule has 0 aliphatic heterocycles. The van der Waals surface area contributed by atoms with E-state index >= 15 is 0 Å². The lowest BCUT2D eigenvalue weighted by Crippen LogP contribution is -2.07. The lowest BCUT2D eigenvalue weighted by molar-refractivity contribution is 0.483. The molecule has 4 rings (SSSR count). The van der Waals surface area contributed by atoms with Crippen molar-refractivity contribution in [3.05, 3.63) is 102 Å². The normalized spacial score (nSPS) is 11.2. The van der Waals surface area contributed by atoms with E-state index in [1.807, 2.05) is 51.5 Å². The van der Waals surface area contributed by atoms with Crippen LogP contribution in [0.2, 0.25) is 0 Å². The van der Waals surface area contributed by atoms with Gasteiger partial charge in [0.1, 0.15) is 0 Å². The van der Waals surface area contributed by atoms with Crippen LogP contribution in [-0.2, 0) is 10.1 Å². The summed E-state index contributed by atoms with van der Waals surface area (Å²) in [7, 11) is -0.00184. The highest BCUT2D eigenvalue weighted by Gasteiger charge is 2.08. The van der Waals surface area contributed by atoms with Gasteiger partial charge in [0, 0.05) is 31.7 Å². The van der Waals surface area contributed by atoms with Crippen LogP contribution in [0.1, 0.15) is 16.8 Å².